The summed E-state index contributed by atoms with van der Waals surface area (Å²) in [6.07, 6.45) is 2.17. The van der Waals surface area contributed by atoms with Gasteiger partial charge in [-0.25, -0.2) is 0 Å². The van der Waals surface area contributed by atoms with E-state index in [9.17, 15) is 4.79 Å². The van der Waals surface area contributed by atoms with E-state index >= 15 is 0 Å². The van der Waals surface area contributed by atoms with Crippen molar-refractivity contribution in [1.29, 1.82) is 0 Å². The molecule has 4 nitrogen and oxygen atoms in total. The van der Waals surface area contributed by atoms with Crippen LogP contribution in [0.25, 0.3) is 10.9 Å². The Morgan fingerprint density at radius 1 is 1.20 bits per heavy atom. The summed E-state index contributed by atoms with van der Waals surface area (Å²) in [5.74, 6) is 0.876. The summed E-state index contributed by atoms with van der Waals surface area (Å²) in [5.41, 5.74) is 6.07. The number of amides is 1. The first-order valence-corrected chi connectivity index (χ1v) is 8.65. The number of rotatable bonds is 4. The van der Waals surface area contributed by atoms with Gasteiger partial charge < -0.3 is 15.0 Å². The van der Waals surface area contributed by atoms with Crippen molar-refractivity contribution in [3.8, 4) is 5.75 Å². The summed E-state index contributed by atoms with van der Waals surface area (Å²) >= 11 is 0. The minimum Gasteiger partial charge on any atom is -0.497 e. The van der Waals surface area contributed by atoms with E-state index in [0.717, 1.165) is 24.2 Å². The SMILES string of the molecule is COc1ccc(CC(=O)NC2Cc3[nH]c4ccc(C)cc4c3C2)cc1. The molecule has 1 aromatic heterocycles. The number of hydrogen-bond donors (Lipinski definition) is 2. The molecular formula is C21H22N2O2. The number of hydrogen-bond acceptors (Lipinski definition) is 2. The third kappa shape index (κ3) is 3.12. The molecule has 1 unspecified atom stereocenters. The first-order valence-electron chi connectivity index (χ1n) is 8.65. The van der Waals surface area contributed by atoms with Crippen LogP contribution in [0.4, 0.5) is 0 Å². The number of carbonyl (C=O) groups is 1. The number of carbonyl (C=O) groups excluding carboxylic acids is 1. The molecular weight excluding hydrogens is 312 g/mol. The standard InChI is InChI=1S/C21H22N2O2/c1-13-3-8-19-17(9-13)18-11-15(12-20(18)23-19)22-21(24)10-14-4-6-16(25-2)7-5-14/h3-9,15,23H,10-12H2,1-2H3,(H,22,24). The Kier molecular flexibility index (Phi) is 3.96. The van der Waals surface area contributed by atoms with Crippen molar-refractivity contribution in [2.75, 3.05) is 7.11 Å². The van der Waals surface area contributed by atoms with Crippen molar-refractivity contribution < 1.29 is 9.53 Å². The highest BCUT2D eigenvalue weighted by Crippen LogP contribution is 2.30. The van der Waals surface area contributed by atoms with Crippen LogP contribution in [0.15, 0.2) is 42.5 Å². The molecule has 0 saturated heterocycles. The Morgan fingerprint density at radius 3 is 2.76 bits per heavy atom. The Bertz CT molecular complexity index is 925. The summed E-state index contributed by atoms with van der Waals surface area (Å²) < 4.78 is 5.15. The molecule has 4 heteroatoms. The smallest absolute Gasteiger partial charge is 0.224 e. The van der Waals surface area contributed by atoms with Gasteiger partial charge in [0.1, 0.15) is 5.75 Å². The van der Waals surface area contributed by atoms with E-state index in [2.05, 4.69) is 35.4 Å². The van der Waals surface area contributed by atoms with Gasteiger partial charge in [-0.1, -0.05) is 23.8 Å². The number of H-pyrrole nitrogens is 1. The molecule has 1 atom stereocenters. The van der Waals surface area contributed by atoms with Gasteiger partial charge in [0.15, 0.2) is 0 Å². The molecule has 2 aromatic carbocycles. The van der Waals surface area contributed by atoms with E-state index in [4.69, 9.17) is 4.74 Å². The van der Waals surface area contributed by atoms with Crippen LogP contribution in [-0.4, -0.2) is 24.0 Å². The summed E-state index contributed by atoms with van der Waals surface area (Å²) in [5, 5.41) is 4.47. The van der Waals surface area contributed by atoms with E-state index < -0.39 is 0 Å². The number of aromatic nitrogens is 1. The average molecular weight is 334 g/mol. The first kappa shape index (κ1) is 15.8. The van der Waals surface area contributed by atoms with Gasteiger partial charge in [-0.05, 0) is 48.7 Å². The third-order valence-electron chi connectivity index (χ3n) is 4.94. The molecule has 4 rings (SSSR count). The molecule has 2 N–H and O–H groups in total. The van der Waals surface area contributed by atoms with Gasteiger partial charge in [-0.15, -0.1) is 0 Å². The molecule has 25 heavy (non-hydrogen) atoms. The minimum atomic E-state index is 0.0702. The topological polar surface area (TPSA) is 54.1 Å². The summed E-state index contributed by atoms with van der Waals surface area (Å²) in [6, 6.07) is 14.3. The van der Waals surface area contributed by atoms with E-state index in [1.807, 2.05) is 24.3 Å². The van der Waals surface area contributed by atoms with E-state index in [1.165, 1.54) is 27.7 Å². The second-order valence-corrected chi connectivity index (χ2v) is 6.83. The highest BCUT2D eigenvalue weighted by molar-refractivity contribution is 5.86. The monoisotopic (exact) mass is 334 g/mol. The maximum Gasteiger partial charge on any atom is 0.224 e. The first-order chi connectivity index (χ1) is 12.1. The van der Waals surface area contributed by atoms with Crippen LogP contribution in [0.1, 0.15) is 22.4 Å². The van der Waals surface area contributed by atoms with Gasteiger partial charge in [0.25, 0.3) is 0 Å². The van der Waals surface area contributed by atoms with E-state index in [0.29, 0.717) is 6.42 Å². The highest BCUT2D eigenvalue weighted by Gasteiger charge is 2.26. The van der Waals surface area contributed by atoms with Crippen molar-refractivity contribution in [2.24, 2.45) is 0 Å². The highest BCUT2D eigenvalue weighted by atomic mass is 16.5. The van der Waals surface area contributed by atoms with Gasteiger partial charge in [-0.3, -0.25) is 4.79 Å². The number of aromatic amines is 1. The summed E-state index contributed by atoms with van der Waals surface area (Å²) in [6.45, 7) is 2.11. The molecule has 0 spiro atoms. The second kappa shape index (κ2) is 6.28. The fourth-order valence-electron chi connectivity index (χ4n) is 3.70. The molecule has 0 aliphatic heterocycles. The van der Waals surface area contributed by atoms with Crippen molar-refractivity contribution in [2.45, 2.75) is 32.2 Å². The summed E-state index contributed by atoms with van der Waals surface area (Å²) in [4.78, 5) is 15.9. The fraction of sp³-hybridized carbons (Fsp3) is 0.286. The van der Waals surface area contributed by atoms with Gasteiger partial charge >= 0.3 is 0 Å². The van der Waals surface area contributed by atoms with Crippen molar-refractivity contribution in [1.82, 2.24) is 10.3 Å². The number of nitrogens with one attached hydrogen (secondary N) is 2. The van der Waals surface area contributed by atoms with Gasteiger partial charge in [0, 0.05) is 29.1 Å². The maximum absolute atomic E-state index is 12.4. The normalized spacial score (nSPS) is 16.0. The zero-order chi connectivity index (χ0) is 17.4. The quantitative estimate of drug-likeness (QED) is 0.769. The maximum atomic E-state index is 12.4. The molecule has 1 amide bonds. The van der Waals surface area contributed by atoms with Crippen LogP contribution in [0.3, 0.4) is 0 Å². The molecule has 0 fully saturated rings. The number of benzene rings is 2. The molecule has 0 saturated carbocycles. The lowest BCUT2D eigenvalue weighted by Crippen LogP contribution is -2.36. The lowest BCUT2D eigenvalue weighted by atomic mass is 10.1. The van der Waals surface area contributed by atoms with Crippen LogP contribution in [0.2, 0.25) is 0 Å². The van der Waals surface area contributed by atoms with Gasteiger partial charge in [0.2, 0.25) is 5.91 Å². The van der Waals surface area contributed by atoms with Gasteiger partial charge in [0.05, 0.1) is 13.5 Å². The minimum absolute atomic E-state index is 0.0702. The number of ether oxygens (including phenoxy) is 1. The second-order valence-electron chi connectivity index (χ2n) is 6.83. The number of aryl methyl sites for hydroxylation is 1. The predicted octanol–water partition coefficient (Wildman–Crippen LogP) is 3.31. The van der Waals surface area contributed by atoms with Crippen LogP contribution in [0.5, 0.6) is 5.75 Å². The zero-order valence-electron chi connectivity index (χ0n) is 14.6. The van der Waals surface area contributed by atoms with E-state index in [1.54, 1.807) is 7.11 Å². The Hall–Kier alpha value is -2.75. The van der Waals surface area contributed by atoms with Crippen molar-refractivity contribution in [3.63, 3.8) is 0 Å². The molecule has 1 aliphatic carbocycles. The fourth-order valence-corrected chi connectivity index (χ4v) is 3.70. The summed E-state index contributed by atoms with van der Waals surface area (Å²) in [7, 11) is 1.64. The Balaban J connectivity index is 1.41. The van der Waals surface area contributed by atoms with Crippen molar-refractivity contribution >= 4 is 16.8 Å². The van der Waals surface area contributed by atoms with E-state index in [-0.39, 0.29) is 11.9 Å². The lowest BCUT2D eigenvalue weighted by Gasteiger charge is -2.13. The largest absolute Gasteiger partial charge is 0.497 e. The Morgan fingerprint density at radius 2 is 2.00 bits per heavy atom. The van der Waals surface area contributed by atoms with Crippen molar-refractivity contribution in [3.05, 3.63) is 64.8 Å². The molecule has 1 heterocycles. The molecule has 0 bridgehead atoms. The van der Waals surface area contributed by atoms with Crippen LogP contribution >= 0.6 is 0 Å². The molecule has 1 aliphatic rings. The number of fused-ring (bicyclic) bond motifs is 3. The third-order valence-corrected chi connectivity index (χ3v) is 4.94. The Labute approximate surface area is 147 Å². The average Bonchev–Trinajstić information content (AvgIpc) is 3.13. The van der Waals surface area contributed by atoms with Crippen LogP contribution in [0, 0.1) is 6.92 Å². The molecule has 128 valence electrons. The molecule has 0 radical (unpaired) electrons. The zero-order valence-corrected chi connectivity index (χ0v) is 14.6. The number of methoxy groups -OCH3 is 1. The lowest BCUT2D eigenvalue weighted by molar-refractivity contribution is -0.121. The predicted molar refractivity (Wildman–Crippen MR) is 99.1 cm³/mol. The van der Waals surface area contributed by atoms with Crippen LogP contribution < -0.4 is 10.1 Å². The van der Waals surface area contributed by atoms with Crippen LogP contribution in [-0.2, 0) is 24.1 Å². The van der Waals surface area contributed by atoms with Gasteiger partial charge in [-0.2, -0.15) is 0 Å². The molecule has 3 aromatic rings.